The molecule has 7 heteroatoms. The molecular formula is C19H24N2O3S2. The lowest BCUT2D eigenvalue weighted by molar-refractivity contribution is -0.120. The molecule has 0 radical (unpaired) electrons. The van der Waals surface area contributed by atoms with Gasteiger partial charge in [0.2, 0.25) is 5.91 Å². The molecule has 1 aliphatic heterocycles. The van der Waals surface area contributed by atoms with Gasteiger partial charge in [0, 0.05) is 18.0 Å². The zero-order valence-corrected chi connectivity index (χ0v) is 16.5. The lowest BCUT2D eigenvalue weighted by Gasteiger charge is -2.25. The van der Waals surface area contributed by atoms with Crippen LogP contribution in [0.15, 0.2) is 40.6 Å². The summed E-state index contributed by atoms with van der Waals surface area (Å²) in [7, 11) is -3.39. The molecular weight excluding hydrogens is 368 g/mol. The standard InChI is InChI=1S/C19H24N2O3S2/c1-15-5-7-16(8-6-15)13-18(22)20-14-17-9-10-19(25-17)26(23,24)21-11-3-2-4-12-21/h5-10H,2-4,11-14H2,1H3,(H,20,22). The Balaban J connectivity index is 1.56. The maximum absolute atomic E-state index is 12.7. The summed E-state index contributed by atoms with van der Waals surface area (Å²) in [6.45, 7) is 3.56. The van der Waals surface area contributed by atoms with Crippen molar-refractivity contribution in [2.45, 2.75) is 43.4 Å². The number of hydrogen-bond donors (Lipinski definition) is 1. The molecule has 1 aliphatic rings. The third-order valence-corrected chi connectivity index (χ3v) is 7.94. The van der Waals surface area contributed by atoms with Crippen LogP contribution in [0.5, 0.6) is 0 Å². The van der Waals surface area contributed by atoms with Gasteiger partial charge in [-0.3, -0.25) is 4.79 Å². The first kappa shape index (κ1) is 19.1. The fourth-order valence-corrected chi connectivity index (χ4v) is 5.93. The quantitative estimate of drug-likeness (QED) is 0.821. The zero-order valence-electron chi connectivity index (χ0n) is 14.9. The highest BCUT2D eigenvalue weighted by Gasteiger charge is 2.27. The fourth-order valence-electron chi connectivity index (χ4n) is 2.96. The molecule has 0 saturated carbocycles. The zero-order chi connectivity index (χ0) is 18.6. The largest absolute Gasteiger partial charge is 0.351 e. The van der Waals surface area contributed by atoms with E-state index in [0.717, 1.165) is 35.3 Å². The maximum Gasteiger partial charge on any atom is 0.252 e. The SMILES string of the molecule is Cc1ccc(CC(=O)NCc2ccc(S(=O)(=O)N3CCCCC3)s2)cc1. The van der Waals surface area contributed by atoms with Crippen molar-refractivity contribution in [1.82, 2.24) is 9.62 Å². The van der Waals surface area contributed by atoms with Crippen LogP contribution in [0.3, 0.4) is 0 Å². The number of aryl methyl sites for hydroxylation is 1. The van der Waals surface area contributed by atoms with Gasteiger partial charge >= 0.3 is 0 Å². The monoisotopic (exact) mass is 392 g/mol. The number of carbonyl (C=O) groups is 1. The van der Waals surface area contributed by atoms with Crippen molar-refractivity contribution in [1.29, 1.82) is 0 Å². The smallest absolute Gasteiger partial charge is 0.252 e. The van der Waals surface area contributed by atoms with Crippen molar-refractivity contribution in [3.05, 3.63) is 52.4 Å². The van der Waals surface area contributed by atoms with Gasteiger partial charge in [-0.05, 0) is 37.5 Å². The molecule has 1 amide bonds. The Labute approximate surface area is 159 Å². The third kappa shape index (κ3) is 4.72. The molecule has 0 atom stereocenters. The summed E-state index contributed by atoms with van der Waals surface area (Å²) in [5, 5.41) is 2.87. The van der Waals surface area contributed by atoms with Crippen molar-refractivity contribution >= 4 is 27.3 Å². The molecule has 1 aromatic heterocycles. The molecule has 140 valence electrons. The molecule has 26 heavy (non-hydrogen) atoms. The number of amides is 1. The first-order valence-corrected chi connectivity index (χ1v) is 11.1. The van der Waals surface area contributed by atoms with E-state index in [1.165, 1.54) is 11.3 Å². The van der Waals surface area contributed by atoms with Crippen molar-refractivity contribution in [2.24, 2.45) is 0 Å². The molecule has 0 aliphatic carbocycles. The number of nitrogens with one attached hydrogen (secondary N) is 1. The number of carbonyl (C=O) groups excluding carboxylic acids is 1. The van der Waals surface area contributed by atoms with Crippen LogP contribution in [-0.2, 0) is 27.8 Å². The molecule has 1 aromatic carbocycles. The van der Waals surface area contributed by atoms with E-state index < -0.39 is 10.0 Å². The molecule has 1 N–H and O–H groups in total. The highest BCUT2D eigenvalue weighted by molar-refractivity contribution is 7.91. The summed E-state index contributed by atoms with van der Waals surface area (Å²) in [5.41, 5.74) is 2.13. The Bertz CT molecular complexity index is 851. The number of benzene rings is 1. The van der Waals surface area contributed by atoms with Crippen molar-refractivity contribution in [3.8, 4) is 0 Å². The van der Waals surface area contributed by atoms with E-state index in [1.807, 2.05) is 31.2 Å². The Morgan fingerprint density at radius 1 is 1.08 bits per heavy atom. The second kappa shape index (κ2) is 8.33. The van der Waals surface area contributed by atoms with Crippen LogP contribution < -0.4 is 5.32 Å². The van der Waals surface area contributed by atoms with Crippen LogP contribution in [0.4, 0.5) is 0 Å². The van der Waals surface area contributed by atoms with Crippen molar-refractivity contribution in [3.63, 3.8) is 0 Å². The minimum Gasteiger partial charge on any atom is -0.351 e. The Morgan fingerprint density at radius 3 is 2.46 bits per heavy atom. The van der Waals surface area contributed by atoms with Gasteiger partial charge in [-0.25, -0.2) is 8.42 Å². The average molecular weight is 393 g/mol. The number of piperidine rings is 1. The lowest BCUT2D eigenvalue weighted by Crippen LogP contribution is -2.35. The fraction of sp³-hybridized carbons (Fsp3) is 0.421. The Morgan fingerprint density at radius 2 is 1.77 bits per heavy atom. The van der Waals surface area contributed by atoms with Gasteiger partial charge in [0.05, 0.1) is 13.0 Å². The first-order chi connectivity index (χ1) is 12.4. The van der Waals surface area contributed by atoms with Crippen LogP contribution in [0.2, 0.25) is 0 Å². The summed E-state index contributed by atoms with van der Waals surface area (Å²) in [6, 6.07) is 11.3. The second-order valence-corrected chi connectivity index (χ2v) is 9.96. The molecule has 2 aromatic rings. The van der Waals surface area contributed by atoms with Crippen LogP contribution in [0.25, 0.3) is 0 Å². The normalized spacial score (nSPS) is 15.7. The topological polar surface area (TPSA) is 66.5 Å². The molecule has 0 unspecified atom stereocenters. The predicted octanol–water partition coefficient (Wildman–Crippen LogP) is 3.09. The van der Waals surface area contributed by atoms with Gasteiger partial charge in [0.1, 0.15) is 4.21 Å². The number of nitrogens with zero attached hydrogens (tertiary/aromatic N) is 1. The van der Waals surface area contributed by atoms with Crippen molar-refractivity contribution in [2.75, 3.05) is 13.1 Å². The molecule has 0 bridgehead atoms. The summed E-state index contributed by atoms with van der Waals surface area (Å²) >= 11 is 1.24. The summed E-state index contributed by atoms with van der Waals surface area (Å²) in [5.74, 6) is -0.0670. The van der Waals surface area contributed by atoms with E-state index in [4.69, 9.17) is 0 Å². The van der Waals surface area contributed by atoms with E-state index >= 15 is 0 Å². The second-order valence-electron chi connectivity index (χ2n) is 6.62. The first-order valence-electron chi connectivity index (χ1n) is 8.86. The van der Waals surface area contributed by atoms with E-state index in [9.17, 15) is 13.2 Å². The van der Waals surface area contributed by atoms with E-state index in [1.54, 1.807) is 16.4 Å². The van der Waals surface area contributed by atoms with Crippen LogP contribution in [-0.4, -0.2) is 31.7 Å². The number of hydrogen-bond acceptors (Lipinski definition) is 4. The minimum atomic E-state index is -3.39. The van der Waals surface area contributed by atoms with E-state index in [-0.39, 0.29) is 5.91 Å². The highest BCUT2D eigenvalue weighted by atomic mass is 32.2. The number of thiophene rings is 1. The molecule has 0 spiro atoms. The van der Waals surface area contributed by atoms with Gasteiger partial charge in [-0.15, -0.1) is 11.3 Å². The van der Waals surface area contributed by atoms with Crippen LogP contribution >= 0.6 is 11.3 Å². The van der Waals surface area contributed by atoms with E-state index in [0.29, 0.717) is 30.3 Å². The van der Waals surface area contributed by atoms with E-state index in [2.05, 4.69) is 5.32 Å². The molecule has 5 nitrogen and oxygen atoms in total. The van der Waals surface area contributed by atoms with Gasteiger partial charge in [0.25, 0.3) is 10.0 Å². The highest BCUT2D eigenvalue weighted by Crippen LogP contribution is 2.27. The summed E-state index contributed by atoms with van der Waals surface area (Å²) in [4.78, 5) is 12.9. The minimum absolute atomic E-state index is 0.0670. The molecule has 1 saturated heterocycles. The van der Waals surface area contributed by atoms with Crippen LogP contribution in [0.1, 0.15) is 35.3 Å². The van der Waals surface area contributed by atoms with Gasteiger partial charge in [-0.1, -0.05) is 36.2 Å². The molecule has 1 fully saturated rings. The number of sulfonamides is 1. The van der Waals surface area contributed by atoms with Gasteiger partial charge in [-0.2, -0.15) is 4.31 Å². The molecule has 2 heterocycles. The lowest BCUT2D eigenvalue weighted by atomic mass is 10.1. The van der Waals surface area contributed by atoms with Crippen LogP contribution in [0, 0.1) is 6.92 Å². The molecule has 3 rings (SSSR count). The Kier molecular flexibility index (Phi) is 6.11. The van der Waals surface area contributed by atoms with Gasteiger partial charge in [0.15, 0.2) is 0 Å². The third-order valence-electron chi connectivity index (χ3n) is 4.49. The van der Waals surface area contributed by atoms with Gasteiger partial charge < -0.3 is 5.32 Å². The number of rotatable bonds is 6. The summed E-state index contributed by atoms with van der Waals surface area (Å²) in [6.07, 6.45) is 3.26. The predicted molar refractivity (Wildman–Crippen MR) is 104 cm³/mol. The Hall–Kier alpha value is -1.70. The average Bonchev–Trinajstić information content (AvgIpc) is 3.13. The maximum atomic E-state index is 12.7. The summed E-state index contributed by atoms with van der Waals surface area (Å²) < 4.78 is 27.2. The van der Waals surface area contributed by atoms with Crippen molar-refractivity contribution < 1.29 is 13.2 Å².